The maximum absolute atomic E-state index is 12.7. The van der Waals surface area contributed by atoms with Crippen molar-refractivity contribution in [2.75, 3.05) is 0 Å². The fourth-order valence-corrected chi connectivity index (χ4v) is 5.81. The molecular formula is C26H40O5. The molecule has 1 N–H and O–H groups in total. The second-order valence-corrected chi connectivity index (χ2v) is 9.97. The summed E-state index contributed by atoms with van der Waals surface area (Å²) < 4.78 is 11.7. The quantitative estimate of drug-likeness (QED) is 0.461. The second kappa shape index (κ2) is 10.8. The van der Waals surface area contributed by atoms with E-state index in [1.807, 2.05) is 20.8 Å². The largest absolute Gasteiger partial charge is 0.462 e. The van der Waals surface area contributed by atoms with Crippen molar-refractivity contribution in [3.05, 3.63) is 24.3 Å². The molecule has 3 aliphatic rings. The summed E-state index contributed by atoms with van der Waals surface area (Å²) in [7, 11) is 0. The lowest BCUT2D eigenvalue weighted by molar-refractivity contribution is -0.165. The minimum atomic E-state index is -0.594. The van der Waals surface area contributed by atoms with Gasteiger partial charge in [0.25, 0.3) is 0 Å². The lowest BCUT2D eigenvalue weighted by Gasteiger charge is -2.48. The van der Waals surface area contributed by atoms with Crippen molar-refractivity contribution in [2.24, 2.45) is 35.5 Å². The average molecular weight is 433 g/mol. The molecule has 0 aromatic rings. The molecule has 1 aliphatic heterocycles. The van der Waals surface area contributed by atoms with Crippen LogP contribution >= 0.6 is 0 Å². The molecule has 0 aromatic carbocycles. The van der Waals surface area contributed by atoms with Gasteiger partial charge in [-0.25, -0.2) is 0 Å². The van der Waals surface area contributed by atoms with Gasteiger partial charge in [0.05, 0.1) is 18.4 Å². The van der Waals surface area contributed by atoms with E-state index in [-0.39, 0.29) is 36.5 Å². The molecular weight excluding hydrogens is 392 g/mol. The van der Waals surface area contributed by atoms with E-state index in [1.165, 1.54) is 0 Å². The zero-order chi connectivity index (χ0) is 22.5. The van der Waals surface area contributed by atoms with Gasteiger partial charge in [0, 0.05) is 12.3 Å². The summed E-state index contributed by atoms with van der Waals surface area (Å²) in [6.45, 7) is 8.25. The first-order valence-corrected chi connectivity index (χ1v) is 12.2. The van der Waals surface area contributed by atoms with Crippen molar-refractivity contribution in [1.29, 1.82) is 0 Å². The molecule has 5 heteroatoms. The predicted octanol–water partition coefficient (Wildman–Crippen LogP) is 4.83. The number of cyclic esters (lactones) is 1. The molecule has 1 heterocycles. The van der Waals surface area contributed by atoms with E-state index in [2.05, 4.69) is 31.2 Å². The number of hydrogen-bond acceptors (Lipinski definition) is 5. The Hall–Kier alpha value is -1.62. The number of rotatable bonds is 7. The van der Waals surface area contributed by atoms with Crippen LogP contribution in [0.2, 0.25) is 0 Å². The molecule has 0 aromatic heterocycles. The molecule has 174 valence electrons. The summed E-state index contributed by atoms with van der Waals surface area (Å²) >= 11 is 0. The highest BCUT2D eigenvalue weighted by Gasteiger charge is 2.46. The van der Waals surface area contributed by atoms with E-state index in [0.717, 1.165) is 32.1 Å². The van der Waals surface area contributed by atoms with Crippen LogP contribution in [-0.2, 0) is 19.1 Å². The molecule has 0 unspecified atom stereocenters. The van der Waals surface area contributed by atoms with Crippen molar-refractivity contribution in [3.8, 4) is 0 Å². The molecule has 2 aliphatic carbocycles. The highest BCUT2D eigenvalue weighted by Crippen LogP contribution is 2.48. The summed E-state index contributed by atoms with van der Waals surface area (Å²) in [4.78, 5) is 24.4. The van der Waals surface area contributed by atoms with Crippen molar-refractivity contribution in [3.63, 3.8) is 0 Å². The number of allylic oxidation sites excluding steroid dienone is 4. The molecule has 5 nitrogen and oxygen atoms in total. The number of hydrogen-bond donors (Lipinski definition) is 1. The molecule has 1 saturated heterocycles. The Morgan fingerprint density at radius 2 is 2.06 bits per heavy atom. The Labute approximate surface area is 187 Å². The van der Waals surface area contributed by atoms with Gasteiger partial charge < -0.3 is 14.6 Å². The normalized spacial score (nSPS) is 39.1. The van der Waals surface area contributed by atoms with E-state index < -0.39 is 6.10 Å². The molecule has 0 spiro atoms. The second-order valence-electron chi connectivity index (χ2n) is 9.97. The maximum Gasteiger partial charge on any atom is 0.308 e. The fourth-order valence-electron chi connectivity index (χ4n) is 5.81. The van der Waals surface area contributed by atoms with Crippen molar-refractivity contribution < 1.29 is 24.2 Å². The van der Waals surface area contributed by atoms with Gasteiger partial charge in [-0.05, 0) is 62.7 Å². The van der Waals surface area contributed by atoms with Crippen LogP contribution in [0.3, 0.4) is 0 Å². The minimum Gasteiger partial charge on any atom is -0.462 e. The zero-order valence-corrected chi connectivity index (χ0v) is 19.5. The first kappa shape index (κ1) is 24.0. The number of fused-ring (bicyclic) bond motifs is 1. The lowest BCUT2D eigenvalue weighted by Crippen LogP contribution is -2.46. The number of aliphatic hydroxyl groups is 1. The smallest absolute Gasteiger partial charge is 0.308 e. The number of carbonyl (C=O) groups is 2. The summed E-state index contributed by atoms with van der Waals surface area (Å²) in [5.74, 6) is 1.39. The average Bonchev–Trinajstić information content (AvgIpc) is 2.72. The van der Waals surface area contributed by atoms with Crippen molar-refractivity contribution in [2.45, 2.75) is 91.0 Å². The van der Waals surface area contributed by atoms with Crippen LogP contribution < -0.4 is 0 Å². The third kappa shape index (κ3) is 6.00. The Balaban J connectivity index is 1.76. The number of aliphatic hydroxyl groups excluding tert-OH is 1. The van der Waals surface area contributed by atoms with Crippen LogP contribution in [0, 0.1) is 35.5 Å². The predicted molar refractivity (Wildman–Crippen MR) is 120 cm³/mol. The Morgan fingerprint density at radius 3 is 2.74 bits per heavy atom. The van der Waals surface area contributed by atoms with Gasteiger partial charge in [0.1, 0.15) is 12.2 Å². The van der Waals surface area contributed by atoms with Crippen LogP contribution in [0.4, 0.5) is 0 Å². The monoisotopic (exact) mass is 432 g/mol. The van der Waals surface area contributed by atoms with Gasteiger partial charge in [-0.3, -0.25) is 9.59 Å². The number of esters is 2. The number of ether oxygens (including phenoxy) is 2. The molecule has 2 fully saturated rings. The number of carbonyl (C=O) groups excluding carboxylic acids is 2. The Kier molecular flexibility index (Phi) is 8.37. The minimum absolute atomic E-state index is 0.0845. The highest BCUT2D eigenvalue weighted by molar-refractivity contribution is 5.72. The highest BCUT2D eigenvalue weighted by atomic mass is 16.5. The van der Waals surface area contributed by atoms with Crippen LogP contribution in [0.15, 0.2) is 24.3 Å². The zero-order valence-electron chi connectivity index (χ0n) is 19.5. The van der Waals surface area contributed by atoms with Crippen LogP contribution in [0.1, 0.15) is 72.6 Å². The molecule has 1 saturated carbocycles. The molecule has 9 atom stereocenters. The van der Waals surface area contributed by atoms with Crippen LogP contribution in [0.5, 0.6) is 0 Å². The van der Waals surface area contributed by atoms with Gasteiger partial charge in [-0.2, -0.15) is 0 Å². The molecule has 31 heavy (non-hydrogen) atoms. The summed E-state index contributed by atoms with van der Waals surface area (Å²) in [5, 5.41) is 9.95. The Bertz CT molecular complexity index is 683. The molecule has 0 bridgehead atoms. The fraction of sp³-hybridized carbons (Fsp3) is 0.769. The molecule has 0 radical (unpaired) electrons. The lowest BCUT2D eigenvalue weighted by atomic mass is 9.60. The van der Waals surface area contributed by atoms with Gasteiger partial charge in [0.2, 0.25) is 0 Å². The van der Waals surface area contributed by atoms with E-state index in [1.54, 1.807) is 0 Å². The van der Waals surface area contributed by atoms with E-state index in [0.29, 0.717) is 36.0 Å². The SMILES string of the molecule is C/C=C/[C@@H]1C[C@H](OC(=O)[C@@H](C)CC)[C@@H]2[C@@H](CC[C@@H]3C[C@@H](O)CC(=O)O3)[C@@H](C)C=C[C@H]2C1. The summed E-state index contributed by atoms with van der Waals surface area (Å²) in [6.07, 6.45) is 13.2. The van der Waals surface area contributed by atoms with Gasteiger partial charge in [-0.15, -0.1) is 0 Å². The van der Waals surface area contributed by atoms with E-state index in [9.17, 15) is 14.7 Å². The van der Waals surface area contributed by atoms with Crippen molar-refractivity contribution >= 4 is 11.9 Å². The first-order chi connectivity index (χ1) is 14.8. The maximum atomic E-state index is 12.7. The molecule has 0 amide bonds. The third-order valence-electron chi connectivity index (χ3n) is 7.67. The van der Waals surface area contributed by atoms with E-state index in [4.69, 9.17) is 9.47 Å². The Morgan fingerprint density at radius 1 is 1.29 bits per heavy atom. The summed E-state index contributed by atoms with van der Waals surface area (Å²) in [5.41, 5.74) is 0. The third-order valence-corrected chi connectivity index (χ3v) is 7.67. The first-order valence-electron chi connectivity index (χ1n) is 12.2. The van der Waals surface area contributed by atoms with Crippen LogP contribution in [-0.4, -0.2) is 35.4 Å². The van der Waals surface area contributed by atoms with Gasteiger partial charge in [0.15, 0.2) is 0 Å². The van der Waals surface area contributed by atoms with E-state index >= 15 is 0 Å². The molecule has 3 rings (SSSR count). The van der Waals surface area contributed by atoms with Gasteiger partial charge in [-0.1, -0.05) is 45.1 Å². The van der Waals surface area contributed by atoms with Gasteiger partial charge >= 0.3 is 11.9 Å². The van der Waals surface area contributed by atoms with Crippen LogP contribution in [0.25, 0.3) is 0 Å². The summed E-state index contributed by atoms with van der Waals surface area (Å²) in [6, 6.07) is 0. The standard InChI is InChI=1S/C26H40O5/c1-5-7-18-12-19-9-8-17(4)22(11-10-21-14-20(27)15-24(28)30-21)25(19)23(13-18)31-26(29)16(3)6-2/h5,7-9,16-23,25,27H,6,10-15H2,1-4H3/b7-5+/t16-,17-,18-,19-,20+,21+,22-,23-,25-/m0/s1. The topological polar surface area (TPSA) is 72.8 Å². The van der Waals surface area contributed by atoms with Crippen molar-refractivity contribution in [1.82, 2.24) is 0 Å².